The number of rotatable bonds is 1. The van der Waals surface area contributed by atoms with Crippen LogP contribution in [-0.4, -0.2) is 12.1 Å². The molecule has 0 aliphatic rings. The van der Waals surface area contributed by atoms with Gasteiger partial charge in [0.2, 0.25) is 0 Å². The average molecular weight is 214 g/mol. The molecule has 0 fully saturated rings. The lowest BCUT2D eigenvalue weighted by atomic mass is 10.2. The van der Waals surface area contributed by atoms with Crippen molar-refractivity contribution in [3.8, 4) is 5.75 Å². The van der Waals surface area contributed by atoms with Crippen LogP contribution in [0, 0.1) is 6.92 Å². The molecule has 68 valence electrons. The maximum absolute atomic E-state index is 5.82. The lowest BCUT2D eigenvalue weighted by Gasteiger charge is -2.01. The standard InChI is InChI=1S/C9H8ClNOS/c1-5-3-6(12-2)8-7(4-5)13-9(10)11-8/h3-4H,1-2H3. The van der Waals surface area contributed by atoms with Crippen molar-refractivity contribution in [1.29, 1.82) is 0 Å². The van der Waals surface area contributed by atoms with Crippen LogP contribution in [0.1, 0.15) is 5.56 Å². The van der Waals surface area contributed by atoms with Crippen LogP contribution in [0.2, 0.25) is 4.47 Å². The van der Waals surface area contributed by atoms with E-state index >= 15 is 0 Å². The third-order valence-corrected chi connectivity index (χ3v) is 2.90. The minimum absolute atomic E-state index is 0.555. The van der Waals surface area contributed by atoms with Crippen molar-refractivity contribution < 1.29 is 4.74 Å². The van der Waals surface area contributed by atoms with Gasteiger partial charge >= 0.3 is 0 Å². The average Bonchev–Trinajstić information content (AvgIpc) is 2.43. The van der Waals surface area contributed by atoms with E-state index in [2.05, 4.69) is 11.1 Å². The predicted octanol–water partition coefficient (Wildman–Crippen LogP) is 3.27. The minimum Gasteiger partial charge on any atom is -0.494 e. The fraction of sp³-hybridized carbons (Fsp3) is 0.222. The minimum atomic E-state index is 0.555. The molecule has 2 aromatic rings. The summed E-state index contributed by atoms with van der Waals surface area (Å²) >= 11 is 7.29. The molecular weight excluding hydrogens is 206 g/mol. The molecule has 0 aliphatic carbocycles. The quantitative estimate of drug-likeness (QED) is 0.726. The monoisotopic (exact) mass is 213 g/mol. The summed E-state index contributed by atoms with van der Waals surface area (Å²) in [5.41, 5.74) is 2.01. The van der Waals surface area contributed by atoms with E-state index in [-0.39, 0.29) is 0 Å². The summed E-state index contributed by atoms with van der Waals surface area (Å²) in [5.74, 6) is 0.790. The Morgan fingerprint density at radius 1 is 1.46 bits per heavy atom. The molecule has 1 aromatic carbocycles. The van der Waals surface area contributed by atoms with Crippen LogP contribution in [0.5, 0.6) is 5.75 Å². The van der Waals surface area contributed by atoms with Gasteiger partial charge in [-0.3, -0.25) is 0 Å². The van der Waals surface area contributed by atoms with E-state index in [9.17, 15) is 0 Å². The Balaban J connectivity index is 2.80. The first kappa shape index (κ1) is 8.78. The van der Waals surface area contributed by atoms with Gasteiger partial charge in [-0.2, -0.15) is 0 Å². The van der Waals surface area contributed by atoms with Crippen molar-refractivity contribution in [1.82, 2.24) is 4.98 Å². The molecule has 2 rings (SSSR count). The zero-order chi connectivity index (χ0) is 9.42. The van der Waals surface area contributed by atoms with E-state index in [0.29, 0.717) is 4.47 Å². The number of benzene rings is 1. The van der Waals surface area contributed by atoms with Crippen LogP contribution in [-0.2, 0) is 0 Å². The maximum atomic E-state index is 5.82. The molecule has 0 amide bonds. The molecule has 0 saturated heterocycles. The number of halogens is 1. The second kappa shape index (κ2) is 3.16. The topological polar surface area (TPSA) is 22.1 Å². The van der Waals surface area contributed by atoms with E-state index in [1.54, 1.807) is 7.11 Å². The predicted molar refractivity (Wildman–Crippen MR) is 55.9 cm³/mol. The number of aromatic nitrogens is 1. The Morgan fingerprint density at radius 2 is 2.23 bits per heavy atom. The first-order valence-corrected chi connectivity index (χ1v) is 5.01. The van der Waals surface area contributed by atoms with E-state index in [1.807, 2.05) is 13.0 Å². The number of hydrogen-bond donors (Lipinski definition) is 0. The highest BCUT2D eigenvalue weighted by atomic mass is 35.5. The Hall–Kier alpha value is -0.800. The van der Waals surface area contributed by atoms with Gasteiger partial charge in [-0.25, -0.2) is 4.98 Å². The van der Waals surface area contributed by atoms with Gasteiger partial charge in [0.25, 0.3) is 0 Å². The number of hydrogen-bond acceptors (Lipinski definition) is 3. The zero-order valence-electron chi connectivity index (χ0n) is 7.30. The van der Waals surface area contributed by atoms with Gasteiger partial charge in [0.05, 0.1) is 11.8 Å². The molecule has 1 heterocycles. The molecule has 0 spiro atoms. The number of nitrogens with zero attached hydrogens (tertiary/aromatic N) is 1. The van der Waals surface area contributed by atoms with E-state index in [1.165, 1.54) is 11.3 Å². The molecule has 0 aliphatic heterocycles. The summed E-state index contributed by atoms with van der Waals surface area (Å²) in [4.78, 5) is 4.18. The lowest BCUT2D eigenvalue weighted by Crippen LogP contribution is -1.85. The number of fused-ring (bicyclic) bond motifs is 1. The summed E-state index contributed by atoms with van der Waals surface area (Å²) in [7, 11) is 1.64. The Morgan fingerprint density at radius 3 is 2.92 bits per heavy atom. The van der Waals surface area contributed by atoms with Crippen molar-refractivity contribution in [3.63, 3.8) is 0 Å². The van der Waals surface area contributed by atoms with Crippen LogP contribution < -0.4 is 4.74 Å². The summed E-state index contributed by atoms with van der Waals surface area (Å²) < 4.78 is 6.83. The molecule has 0 N–H and O–H groups in total. The molecule has 0 atom stereocenters. The summed E-state index contributed by atoms with van der Waals surface area (Å²) in [5, 5.41) is 0. The molecule has 2 nitrogen and oxygen atoms in total. The normalized spacial score (nSPS) is 10.7. The Kier molecular flexibility index (Phi) is 2.14. The second-order valence-corrected chi connectivity index (χ2v) is 4.39. The lowest BCUT2D eigenvalue weighted by molar-refractivity contribution is 0.418. The van der Waals surface area contributed by atoms with E-state index < -0.39 is 0 Å². The van der Waals surface area contributed by atoms with Gasteiger partial charge in [0.1, 0.15) is 11.3 Å². The van der Waals surface area contributed by atoms with Crippen LogP contribution >= 0.6 is 22.9 Å². The Bertz CT molecular complexity index is 452. The number of thiazole rings is 1. The fourth-order valence-electron chi connectivity index (χ4n) is 1.26. The van der Waals surface area contributed by atoms with Gasteiger partial charge in [-0.15, -0.1) is 11.3 Å². The number of ether oxygens (including phenoxy) is 1. The van der Waals surface area contributed by atoms with E-state index in [0.717, 1.165) is 21.5 Å². The van der Waals surface area contributed by atoms with E-state index in [4.69, 9.17) is 16.3 Å². The van der Waals surface area contributed by atoms with Gasteiger partial charge < -0.3 is 4.74 Å². The molecule has 13 heavy (non-hydrogen) atoms. The van der Waals surface area contributed by atoms with Gasteiger partial charge in [0, 0.05) is 0 Å². The van der Waals surface area contributed by atoms with Crippen LogP contribution in [0.15, 0.2) is 12.1 Å². The smallest absolute Gasteiger partial charge is 0.184 e. The highest BCUT2D eigenvalue weighted by molar-refractivity contribution is 7.22. The number of aryl methyl sites for hydroxylation is 1. The Labute approximate surface area is 85.1 Å². The van der Waals surface area contributed by atoms with Crippen LogP contribution in [0.4, 0.5) is 0 Å². The number of methoxy groups -OCH3 is 1. The molecule has 0 radical (unpaired) electrons. The highest BCUT2D eigenvalue weighted by Crippen LogP contribution is 2.32. The summed E-state index contributed by atoms with van der Waals surface area (Å²) in [6.45, 7) is 2.02. The molecular formula is C9H8ClNOS. The largest absolute Gasteiger partial charge is 0.494 e. The third kappa shape index (κ3) is 1.49. The van der Waals surface area contributed by atoms with Crippen LogP contribution in [0.3, 0.4) is 0 Å². The second-order valence-electron chi connectivity index (χ2n) is 2.78. The van der Waals surface area contributed by atoms with Crippen molar-refractivity contribution >= 4 is 33.2 Å². The van der Waals surface area contributed by atoms with Crippen molar-refractivity contribution in [2.75, 3.05) is 7.11 Å². The molecule has 0 bridgehead atoms. The molecule has 0 saturated carbocycles. The first-order valence-electron chi connectivity index (χ1n) is 3.81. The van der Waals surface area contributed by atoms with Gasteiger partial charge in [-0.1, -0.05) is 11.6 Å². The van der Waals surface area contributed by atoms with Crippen molar-refractivity contribution in [2.45, 2.75) is 6.92 Å². The van der Waals surface area contributed by atoms with Crippen molar-refractivity contribution in [3.05, 3.63) is 22.2 Å². The van der Waals surface area contributed by atoms with Crippen LogP contribution in [0.25, 0.3) is 10.2 Å². The molecule has 1 aromatic heterocycles. The summed E-state index contributed by atoms with van der Waals surface area (Å²) in [6.07, 6.45) is 0. The summed E-state index contributed by atoms with van der Waals surface area (Å²) in [6, 6.07) is 4.01. The maximum Gasteiger partial charge on any atom is 0.184 e. The zero-order valence-corrected chi connectivity index (χ0v) is 8.87. The molecule has 4 heteroatoms. The molecule has 0 unspecified atom stereocenters. The third-order valence-electron chi connectivity index (χ3n) is 1.80. The van der Waals surface area contributed by atoms with Gasteiger partial charge in [0.15, 0.2) is 4.47 Å². The van der Waals surface area contributed by atoms with Gasteiger partial charge in [-0.05, 0) is 24.6 Å². The highest BCUT2D eigenvalue weighted by Gasteiger charge is 2.07. The fourth-order valence-corrected chi connectivity index (χ4v) is 2.40. The van der Waals surface area contributed by atoms with Crippen molar-refractivity contribution in [2.24, 2.45) is 0 Å². The first-order chi connectivity index (χ1) is 6.20. The SMILES string of the molecule is COc1cc(C)cc2sc(Cl)nc12.